The van der Waals surface area contributed by atoms with E-state index in [9.17, 15) is 4.79 Å². The summed E-state index contributed by atoms with van der Waals surface area (Å²) in [6, 6.07) is 0.120. The normalized spacial score (nSPS) is 12.4. The SMILES string of the molecule is COCCC(C)NC(=O)Cc1nc(CCl)cs1. The van der Waals surface area contributed by atoms with Crippen molar-refractivity contribution in [2.24, 2.45) is 0 Å². The standard InChI is InChI=1S/C11H17ClN2O2S/c1-8(3-4-16-2)13-10(15)5-11-14-9(6-12)7-17-11/h7-8H,3-6H2,1-2H3,(H,13,15). The average Bonchev–Trinajstić information content (AvgIpc) is 2.73. The minimum atomic E-state index is -0.0101. The van der Waals surface area contributed by atoms with Gasteiger partial charge in [-0.15, -0.1) is 22.9 Å². The van der Waals surface area contributed by atoms with Crippen molar-refractivity contribution in [3.8, 4) is 0 Å². The van der Waals surface area contributed by atoms with Crippen LogP contribution < -0.4 is 5.32 Å². The van der Waals surface area contributed by atoms with Gasteiger partial charge in [0.2, 0.25) is 5.91 Å². The summed E-state index contributed by atoms with van der Waals surface area (Å²) in [4.78, 5) is 15.9. The van der Waals surface area contributed by atoms with E-state index in [1.54, 1.807) is 7.11 Å². The summed E-state index contributed by atoms with van der Waals surface area (Å²) in [6.45, 7) is 2.61. The Hall–Kier alpha value is -0.650. The number of nitrogens with one attached hydrogen (secondary N) is 1. The molecule has 0 aromatic carbocycles. The molecule has 0 aliphatic heterocycles. The Morgan fingerprint density at radius 1 is 1.71 bits per heavy atom. The highest BCUT2D eigenvalue weighted by molar-refractivity contribution is 7.09. The van der Waals surface area contributed by atoms with Gasteiger partial charge in [0.25, 0.3) is 0 Å². The van der Waals surface area contributed by atoms with Crippen LogP contribution in [0.4, 0.5) is 0 Å². The predicted octanol–water partition coefficient (Wildman–Crippen LogP) is 1.97. The lowest BCUT2D eigenvalue weighted by Gasteiger charge is -2.12. The van der Waals surface area contributed by atoms with Gasteiger partial charge in [0, 0.05) is 25.1 Å². The molecule has 1 atom stereocenters. The molecule has 4 nitrogen and oxygen atoms in total. The second-order valence-corrected chi connectivity index (χ2v) is 5.00. The largest absolute Gasteiger partial charge is 0.385 e. The second kappa shape index (κ2) is 7.63. The van der Waals surface area contributed by atoms with E-state index in [4.69, 9.17) is 16.3 Å². The minimum absolute atomic E-state index is 0.0101. The van der Waals surface area contributed by atoms with E-state index in [-0.39, 0.29) is 11.9 Å². The van der Waals surface area contributed by atoms with Gasteiger partial charge in [-0.1, -0.05) is 0 Å². The molecule has 0 saturated heterocycles. The molecule has 0 radical (unpaired) electrons. The third-order valence-electron chi connectivity index (χ3n) is 2.21. The predicted molar refractivity (Wildman–Crippen MR) is 69.5 cm³/mol. The highest BCUT2D eigenvalue weighted by atomic mass is 35.5. The maximum absolute atomic E-state index is 11.7. The van der Waals surface area contributed by atoms with Crippen LogP contribution in [-0.2, 0) is 21.8 Å². The fourth-order valence-electron chi connectivity index (χ4n) is 1.32. The number of ether oxygens (including phenoxy) is 1. The molecule has 0 saturated carbocycles. The Bertz CT molecular complexity index is 357. The smallest absolute Gasteiger partial charge is 0.227 e. The Labute approximate surface area is 110 Å². The number of hydrogen-bond acceptors (Lipinski definition) is 4. The van der Waals surface area contributed by atoms with E-state index in [2.05, 4.69) is 10.3 Å². The third-order valence-corrected chi connectivity index (χ3v) is 3.38. The average molecular weight is 277 g/mol. The maximum Gasteiger partial charge on any atom is 0.227 e. The van der Waals surface area contributed by atoms with Crippen molar-refractivity contribution in [3.63, 3.8) is 0 Å². The first-order valence-electron chi connectivity index (χ1n) is 5.43. The summed E-state index contributed by atoms with van der Waals surface area (Å²) in [6.07, 6.45) is 1.13. The number of alkyl halides is 1. The zero-order valence-electron chi connectivity index (χ0n) is 10.0. The van der Waals surface area contributed by atoms with Crippen molar-refractivity contribution in [1.29, 1.82) is 0 Å². The zero-order chi connectivity index (χ0) is 12.7. The number of thiazole rings is 1. The van der Waals surface area contributed by atoms with Gasteiger partial charge in [0.1, 0.15) is 5.01 Å². The van der Waals surface area contributed by atoms with Crippen LogP contribution in [0, 0.1) is 0 Å². The molecule has 1 heterocycles. The molecule has 1 rings (SSSR count). The number of aromatic nitrogens is 1. The van der Waals surface area contributed by atoms with Crippen LogP contribution in [0.3, 0.4) is 0 Å². The minimum Gasteiger partial charge on any atom is -0.385 e. The van der Waals surface area contributed by atoms with E-state index in [0.717, 1.165) is 17.1 Å². The van der Waals surface area contributed by atoms with Gasteiger partial charge in [0.15, 0.2) is 0 Å². The monoisotopic (exact) mass is 276 g/mol. The molecule has 1 amide bonds. The molecule has 0 aliphatic carbocycles. The first-order valence-corrected chi connectivity index (χ1v) is 6.84. The first kappa shape index (κ1) is 14.4. The van der Waals surface area contributed by atoms with Gasteiger partial charge in [-0.25, -0.2) is 4.98 Å². The van der Waals surface area contributed by atoms with Gasteiger partial charge in [-0.3, -0.25) is 4.79 Å². The summed E-state index contributed by atoms with van der Waals surface area (Å²) in [5, 5.41) is 5.59. The molecular formula is C11H17ClN2O2S. The number of methoxy groups -OCH3 is 1. The van der Waals surface area contributed by atoms with Crippen LogP contribution in [0.25, 0.3) is 0 Å². The van der Waals surface area contributed by atoms with Crippen molar-refractivity contribution in [2.75, 3.05) is 13.7 Å². The molecule has 1 unspecified atom stereocenters. The zero-order valence-corrected chi connectivity index (χ0v) is 11.6. The summed E-state index contributed by atoms with van der Waals surface area (Å²) in [5.41, 5.74) is 0.826. The number of hydrogen-bond donors (Lipinski definition) is 1. The molecule has 96 valence electrons. The molecule has 1 aromatic rings. The van der Waals surface area contributed by atoms with Crippen LogP contribution in [0.1, 0.15) is 24.0 Å². The fourth-order valence-corrected chi connectivity index (χ4v) is 2.34. The molecule has 1 aromatic heterocycles. The molecule has 17 heavy (non-hydrogen) atoms. The van der Waals surface area contributed by atoms with Crippen molar-refractivity contribution in [2.45, 2.75) is 31.7 Å². The van der Waals surface area contributed by atoms with Crippen LogP contribution in [0.2, 0.25) is 0 Å². The third kappa shape index (κ3) is 5.48. The Morgan fingerprint density at radius 2 is 2.47 bits per heavy atom. The van der Waals surface area contributed by atoms with Crippen LogP contribution in [0.15, 0.2) is 5.38 Å². The van der Waals surface area contributed by atoms with Gasteiger partial charge in [-0.05, 0) is 13.3 Å². The van der Waals surface area contributed by atoms with Gasteiger partial charge in [-0.2, -0.15) is 0 Å². The molecule has 6 heteroatoms. The molecule has 0 bridgehead atoms. The molecular weight excluding hydrogens is 260 g/mol. The van der Waals surface area contributed by atoms with Crippen LogP contribution in [0.5, 0.6) is 0 Å². The number of carbonyl (C=O) groups is 1. The van der Waals surface area contributed by atoms with Gasteiger partial charge >= 0.3 is 0 Å². The van der Waals surface area contributed by atoms with Crippen LogP contribution >= 0.6 is 22.9 Å². The lowest BCUT2D eigenvalue weighted by molar-refractivity contribution is -0.121. The summed E-state index contributed by atoms with van der Waals surface area (Å²) < 4.78 is 4.95. The van der Waals surface area contributed by atoms with Gasteiger partial charge in [0.05, 0.1) is 18.0 Å². The van der Waals surface area contributed by atoms with Crippen molar-refractivity contribution >= 4 is 28.8 Å². The Balaban J connectivity index is 2.33. The molecule has 0 spiro atoms. The summed E-state index contributed by atoms with van der Waals surface area (Å²) in [5.74, 6) is 0.381. The maximum atomic E-state index is 11.7. The lowest BCUT2D eigenvalue weighted by atomic mass is 10.2. The summed E-state index contributed by atoms with van der Waals surface area (Å²) in [7, 11) is 1.65. The highest BCUT2D eigenvalue weighted by Crippen LogP contribution is 2.12. The quantitative estimate of drug-likeness (QED) is 0.775. The number of nitrogens with zero attached hydrogens (tertiary/aromatic N) is 1. The van der Waals surface area contributed by atoms with E-state index in [1.165, 1.54) is 11.3 Å². The molecule has 1 N–H and O–H groups in total. The number of carbonyl (C=O) groups excluding carboxylic acids is 1. The summed E-state index contributed by atoms with van der Waals surface area (Å²) >= 11 is 7.11. The van der Waals surface area contributed by atoms with Crippen molar-refractivity contribution < 1.29 is 9.53 Å². The van der Waals surface area contributed by atoms with Crippen molar-refractivity contribution in [1.82, 2.24) is 10.3 Å². The van der Waals surface area contributed by atoms with E-state index >= 15 is 0 Å². The Morgan fingerprint density at radius 3 is 3.06 bits per heavy atom. The topological polar surface area (TPSA) is 51.2 Å². The Kier molecular flexibility index (Phi) is 6.47. The fraction of sp³-hybridized carbons (Fsp3) is 0.636. The number of amides is 1. The molecule has 0 fully saturated rings. The van der Waals surface area contributed by atoms with Crippen LogP contribution in [-0.4, -0.2) is 30.6 Å². The van der Waals surface area contributed by atoms with E-state index < -0.39 is 0 Å². The van der Waals surface area contributed by atoms with E-state index in [0.29, 0.717) is 18.9 Å². The molecule has 0 aliphatic rings. The van der Waals surface area contributed by atoms with Gasteiger partial charge < -0.3 is 10.1 Å². The lowest BCUT2D eigenvalue weighted by Crippen LogP contribution is -2.34. The van der Waals surface area contributed by atoms with Crippen molar-refractivity contribution in [3.05, 3.63) is 16.1 Å². The number of rotatable bonds is 7. The first-order chi connectivity index (χ1) is 8.15. The highest BCUT2D eigenvalue weighted by Gasteiger charge is 2.10. The second-order valence-electron chi connectivity index (χ2n) is 3.79. The number of halogens is 1. The van der Waals surface area contributed by atoms with E-state index in [1.807, 2.05) is 12.3 Å².